The molecule has 2 aromatic rings. The molecule has 4 nitrogen and oxygen atoms in total. The van der Waals surface area contributed by atoms with Crippen molar-refractivity contribution in [3.05, 3.63) is 47.8 Å². The van der Waals surface area contributed by atoms with Gasteiger partial charge in [-0.2, -0.15) is 0 Å². The Kier molecular flexibility index (Phi) is 3.83. The van der Waals surface area contributed by atoms with E-state index in [9.17, 15) is 0 Å². The van der Waals surface area contributed by atoms with Crippen LogP contribution in [-0.2, 0) is 13.6 Å². The van der Waals surface area contributed by atoms with E-state index in [2.05, 4.69) is 45.5 Å². The van der Waals surface area contributed by atoms with Gasteiger partial charge in [0.05, 0.1) is 6.54 Å². The molecule has 0 radical (unpaired) electrons. The van der Waals surface area contributed by atoms with Gasteiger partial charge in [0.15, 0.2) is 0 Å². The van der Waals surface area contributed by atoms with Crippen LogP contribution < -0.4 is 0 Å². The summed E-state index contributed by atoms with van der Waals surface area (Å²) in [6.45, 7) is 5.27. The Balaban J connectivity index is 1.67. The van der Waals surface area contributed by atoms with Crippen molar-refractivity contribution in [3.63, 3.8) is 0 Å². The number of aryl methyl sites for hydroxylation is 2. The topological polar surface area (TPSA) is 34.0 Å². The van der Waals surface area contributed by atoms with Crippen molar-refractivity contribution in [1.29, 1.82) is 0 Å². The lowest BCUT2D eigenvalue weighted by atomic mass is 9.94. The first-order valence-electron chi connectivity index (χ1n) is 7.33. The number of piperidine rings is 1. The van der Waals surface area contributed by atoms with Gasteiger partial charge in [-0.25, -0.2) is 4.98 Å². The van der Waals surface area contributed by atoms with Gasteiger partial charge >= 0.3 is 0 Å². The molecule has 1 aliphatic heterocycles. The fraction of sp³-hybridized carbons (Fsp3) is 0.500. The van der Waals surface area contributed by atoms with Crippen LogP contribution in [0.15, 0.2) is 30.7 Å². The quantitative estimate of drug-likeness (QED) is 0.859. The maximum absolute atomic E-state index is 4.60. The fourth-order valence-electron chi connectivity index (χ4n) is 2.91. The highest BCUT2D eigenvalue weighted by Gasteiger charge is 2.22. The number of likely N-dealkylation sites (tertiary alicyclic amines) is 1. The van der Waals surface area contributed by atoms with E-state index in [-0.39, 0.29) is 0 Å². The molecule has 0 aromatic carbocycles. The molecule has 0 N–H and O–H groups in total. The Labute approximate surface area is 120 Å². The Bertz CT molecular complexity index is 558. The van der Waals surface area contributed by atoms with Crippen LogP contribution in [0.25, 0.3) is 0 Å². The molecule has 1 saturated heterocycles. The van der Waals surface area contributed by atoms with E-state index in [1.165, 1.54) is 24.1 Å². The SMILES string of the molecule is Cc1ccc(C2CCCN(Cc3nccn3C)C2)nc1. The molecular weight excluding hydrogens is 248 g/mol. The summed E-state index contributed by atoms with van der Waals surface area (Å²) in [6, 6.07) is 4.35. The first-order chi connectivity index (χ1) is 9.72. The van der Waals surface area contributed by atoms with Crippen LogP contribution in [0, 0.1) is 6.92 Å². The minimum atomic E-state index is 0.560. The van der Waals surface area contributed by atoms with Crippen molar-refractivity contribution in [1.82, 2.24) is 19.4 Å². The predicted octanol–water partition coefficient (Wildman–Crippen LogP) is 2.50. The number of imidazole rings is 1. The Morgan fingerprint density at radius 2 is 2.20 bits per heavy atom. The maximum atomic E-state index is 4.60. The molecule has 0 saturated carbocycles. The molecule has 0 amide bonds. The van der Waals surface area contributed by atoms with E-state index in [4.69, 9.17) is 0 Å². The van der Waals surface area contributed by atoms with Crippen LogP contribution >= 0.6 is 0 Å². The van der Waals surface area contributed by atoms with Gasteiger partial charge < -0.3 is 4.57 Å². The maximum Gasteiger partial charge on any atom is 0.122 e. The molecule has 1 atom stereocenters. The van der Waals surface area contributed by atoms with Gasteiger partial charge in [0.25, 0.3) is 0 Å². The van der Waals surface area contributed by atoms with E-state index in [0.29, 0.717) is 5.92 Å². The number of nitrogens with zero attached hydrogens (tertiary/aromatic N) is 4. The van der Waals surface area contributed by atoms with Gasteiger partial charge in [0.1, 0.15) is 5.82 Å². The number of hydrogen-bond donors (Lipinski definition) is 0. The van der Waals surface area contributed by atoms with Gasteiger partial charge in [-0.05, 0) is 37.9 Å². The summed E-state index contributed by atoms with van der Waals surface area (Å²) in [5, 5.41) is 0. The van der Waals surface area contributed by atoms with E-state index in [1.807, 2.05) is 18.6 Å². The molecule has 3 heterocycles. The van der Waals surface area contributed by atoms with Crippen LogP contribution in [0.2, 0.25) is 0 Å². The van der Waals surface area contributed by atoms with Crippen molar-refractivity contribution >= 4 is 0 Å². The molecule has 1 fully saturated rings. The molecule has 0 bridgehead atoms. The molecule has 0 spiro atoms. The first-order valence-corrected chi connectivity index (χ1v) is 7.33. The smallest absolute Gasteiger partial charge is 0.122 e. The van der Waals surface area contributed by atoms with E-state index >= 15 is 0 Å². The van der Waals surface area contributed by atoms with E-state index in [1.54, 1.807) is 0 Å². The number of pyridine rings is 1. The minimum Gasteiger partial charge on any atom is -0.337 e. The molecule has 20 heavy (non-hydrogen) atoms. The normalized spacial score (nSPS) is 20.2. The summed E-state index contributed by atoms with van der Waals surface area (Å²) in [5.41, 5.74) is 2.47. The van der Waals surface area contributed by atoms with E-state index in [0.717, 1.165) is 25.5 Å². The second-order valence-electron chi connectivity index (χ2n) is 5.79. The molecule has 3 rings (SSSR count). The highest BCUT2D eigenvalue weighted by Crippen LogP contribution is 2.26. The first kappa shape index (κ1) is 13.3. The zero-order valence-electron chi connectivity index (χ0n) is 12.3. The van der Waals surface area contributed by atoms with Gasteiger partial charge in [-0.1, -0.05) is 6.07 Å². The summed E-state index contributed by atoms with van der Waals surface area (Å²) in [7, 11) is 2.06. The standard InChI is InChI=1S/C16H22N4/c1-13-5-6-15(18-10-13)14-4-3-8-20(11-14)12-16-17-7-9-19(16)2/h5-7,9-10,14H,3-4,8,11-12H2,1-2H3. The highest BCUT2D eigenvalue weighted by atomic mass is 15.2. The van der Waals surface area contributed by atoms with Crippen LogP contribution in [0.1, 0.15) is 35.8 Å². The van der Waals surface area contributed by atoms with Gasteiger partial charge in [-0.3, -0.25) is 9.88 Å². The third-order valence-electron chi connectivity index (χ3n) is 4.14. The van der Waals surface area contributed by atoms with Crippen LogP contribution in [0.5, 0.6) is 0 Å². The lowest BCUT2D eigenvalue weighted by molar-refractivity contribution is 0.192. The average molecular weight is 270 g/mol. The lowest BCUT2D eigenvalue weighted by Gasteiger charge is -2.32. The average Bonchev–Trinajstić information content (AvgIpc) is 2.85. The monoisotopic (exact) mass is 270 g/mol. The lowest BCUT2D eigenvalue weighted by Crippen LogP contribution is -2.34. The zero-order valence-corrected chi connectivity index (χ0v) is 12.3. The second-order valence-corrected chi connectivity index (χ2v) is 5.79. The Hall–Kier alpha value is -1.68. The van der Waals surface area contributed by atoms with Gasteiger partial charge in [-0.15, -0.1) is 0 Å². The summed E-state index contributed by atoms with van der Waals surface area (Å²) in [4.78, 5) is 11.5. The summed E-state index contributed by atoms with van der Waals surface area (Å²) in [6.07, 6.45) is 8.35. The fourth-order valence-corrected chi connectivity index (χ4v) is 2.91. The number of hydrogen-bond acceptors (Lipinski definition) is 3. The van der Waals surface area contributed by atoms with Crippen LogP contribution in [0.4, 0.5) is 0 Å². The number of aromatic nitrogens is 3. The third kappa shape index (κ3) is 2.90. The number of rotatable bonds is 3. The summed E-state index contributed by atoms with van der Waals surface area (Å²) in [5.74, 6) is 1.70. The van der Waals surface area contributed by atoms with E-state index < -0.39 is 0 Å². The van der Waals surface area contributed by atoms with Crippen molar-refractivity contribution in [2.75, 3.05) is 13.1 Å². The van der Waals surface area contributed by atoms with Gasteiger partial charge in [0.2, 0.25) is 0 Å². The Morgan fingerprint density at radius 3 is 2.90 bits per heavy atom. The predicted molar refractivity (Wildman–Crippen MR) is 79.4 cm³/mol. The van der Waals surface area contributed by atoms with Crippen molar-refractivity contribution < 1.29 is 0 Å². The molecule has 4 heteroatoms. The van der Waals surface area contributed by atoms with Gasteiger partial charge in [0, 0.05) is 43.8 Å². The molecular formula is C16H22N4. The second kappa shape index (κ2) is 5.75. The largest absolute Gasteiger partial charge is 0.337 e. The molecule has 2 aromatic heterocycles. The Morgan fingerprint density at radius 1 is 1.30 bits per heavy atom. The van der Waals surface area contributed by atoms with Crippen LogP contribution in [-0.4, -0.2) is 32.5 Å². The summed E-state index contributed by atoms with van der Waals surface area (Å²) >= 11 is 0. The molecule has 1 aliphatic rings. The van der Waals surface area contributed by atoms with Crippen molar-refractivity contribution in [2.45, 2.75) is 32.2 Å². The molecule has 1 unspecified atom stereocenters. The highest BCUT2D eigenvalue weighted by molar-refractivity contribution is 5.16. The van der Waals surface area contributed by atoms with Crippen molar-refractivity contribution in [2.24, 2.45) is 7.05 Å². The third-order valence-corrected chi connectivity index (χ3v) is 4.14. The van der Waals surface area contributed by atoms with Crippen LogP contribution in [0.3, 0.4) is 0 Å². The van der Waals surface area contributed by atoms with Crippen molar-refractivity contribution in [3.8, 4) is 0 Å². The molecule has 0 aliphatic carbocycles. The summed E-state index contributed by atoms with van der Waals surface area (Å²) < 4.78 is 2.10. The minimum absolute atomic E-state index is 0.560. The molecule has 106 valence electrons. The zero-order chi connectivity index (χ0) is 13.9.